The summed E-state index contributed by atoms with van der Waals surface area (Å²) < 4.78 is 0. The predicted octanol–water partition coefficient (Wildman–Crippen LogP) is 4.90. The molecule has 1 heterocycles. The third-order valence-corrected chi connectivity index (χ3v) is 8.81. The van der Waals surface area contributed by atoms with Crippen molar-refractivity contribution in [2.45, 2.75) is 83.8 Å². The maximum atomic E-state index is 13.7. The Hall–Kier alpha value is -1.59. The average molecular weight is 475 g/mol. The number of halogens is 1. The van der Waals surface area contributed by atoms with Crippen molar-refractivity contribution in [3.8, 4) is 0 Å². The molecule has 1 aliphatic heterocycles. The van der Waals surface area contributed by atoms with Crippen molar-refractivity contribution in [2.24, 2.45) is 23.2 Å². The van der Waals surface area contributed by atoms with E-state index in [0.29, 0.717) is 30.5 Å². The van der Waals surface area contributed by atoms with Crippen LogP contribution in [0.1, 0.15) is 77.7 Å². The molecule has 0 bridgehead atoms. The lowest BCUT2D eigenvalue weighted by Gasteiger charge is -2.51. The molecule has 2 amide bonds. The van der Waals surface area contributed by atoms with Crippen LogP contribution >= 0.6 is 11.6 Å². The zero-order valence-electron chi connectivity index (χ0n) is 20.3. The first kappa shape index (κ1) is 24.5. The van der Waals surface area contributed by atoms with E-state index in [-0.39, 0.29) is 29.7 Å². The summed E-state index contributed by atoms with van der Waals surface area (Å²) in [7, 11) is 0. The summed E-state index contributed by atoms with van der Waals surface area (Å²) in [6, 6.07) is 7.32. The molecule has 2 N–H and O–H groups in total. The Bertz CT molecular complexity index is 871. The molecule has 3 aliphatic rings. The number of nitrogens with one attached hydrogen (secondary N) is 1. The van der Waals surface area contributed by atoms with Gasteiger partial charge in [0.1, 0.15) is 0 Å². The number of benzene rings is 1. The lowest BCUT2D eigenvalue weighted by molar-refractivity contribution is -0.158. The Morgan fingerprint density at radius 2 is 1.79 bits per heavy atom. The van der Waals surface area contributed by atoms with Gasteiger partial charge >= 0.3 is 0 Å². The van der Waals surface area contributed by atoms with Gasteiger partial charge in [-0.25, -0.2) is 0 Å². The number of hydrogen-bond donors (Lipinski definition) is 2. The Balaban J connectivity index is 1.44. The highest BCUT2D eigenvalue weighted by atomic mass is 35.5. The van der Waals surface area contributed by atoms with Crippen LogP contribution in [0.3, 0.4) is 0 Å². The van der Waals surface area contributed by atoms with Gasteiger partial charge in [-0.1, -0.05) is 57.3 Å². The third-order valence-electron chi connectivity index (χ3n) is 8.56. The molecule has 33 heavy (non-hydrogen) atoms. The summed E-state index contributed by atoms with van der Waals surface area (Å²) in [5.41, 5.74) is -0.687. The molecule has 5 nitrogen and oxygen atoms in total. The molecule has 1 saturated heterocycles. The van der Waals surface area contributed by atoms with Crippen LogP contribution in [0.5, 0.6) is 0 Å². The van der Waals surface area contributed by atoms with Gasteiger partial charge < -0.3 is 15.3 Å². The van der Waals surface area contributed by atoms with Crippen molar-refractivity contribution < 1.29 is 14.7 Å². The zero-order chi connectivity index (χ0) is 23.8. The van der Waals surface area contributed by atoms with Gasteiger partial charge in [-0.05, 0) is 62.1 Å². The molecule has 4 rings (SSSR count). The van der Waals surface area contributed by atoms with E-state index < -0.39 is 11.0 Å². The number of aliphatic hydroxyl groups is 1. The van der Waals surface area contributed by atoms with E-state index in [0.717, 1.165) is 50.5 Å². The number of piperidine rings is 1. The number of rotatable bonds is 4. The van der Waals surface area contributed by atoms with E-state index in [4.69, 9.17) is 11.6 Å². The van der Waals surface area contributed by atoms with Gasteiger partial charge in [-0.15, -0.1) is 0 Å². The maximum absolute atomic E-state index is 13.7. The smallest absolute Gasteiger partial charge is 0.227 e. The summed E-state index contributed by atoms with van der Waals surface area (Å²) >= 11 is 6.05. The molecular weight excluding hydrogens is 436 g/mol. The normalized spacial score (nSPS) is 34.2. The summed E-state index contributed by atoms with van der Waals surface area (Å²) in [5.74, 6) is 0.811. The molecule has 2 aliphatic carbocycles. The maximum Gasteiger partial charge on any atom is 0.227 e. The summed E-state index contributed by atoms with van der Waals surface area (Å²) in [6.45, 7) is 7.27. The zero-order valence-corrected chi connectivity index (χ0v) is 21.0. The SMILES string of the molecule is C[C@H]1CC[C@H](C(=O)N[C@@H]2CCCC[C@@H]2C(=O)N2CC[C@](O)(c3ccc(Cl)cc3)C(C)(C)C2)C1. The minimum absolute atomic E-state index is 0.0742. The minimum Gasteiger partial charge on any atom is -0.384 e. The quantitative estimate of drug-likeness (QED) is 0.652. The van der Waals surface area contributed by atoms with Gasteiger partial charge in [0.15, 0.2) is 0 Å². The highest BCUT2D eigenvalue weighted by Gasteiger charge is 2.50. The van der Waals surface area contributed by atoms with Crippen LogP contribution in [0, 0.1) is 23.2 Å². The first-order chi connectivity index (χ1) is 15.6. The molecule has 0 radical (unpaired) electrons. The Morgan fingerprint density at radius 1 is 1.09 bits per heavy atom. The number of nitrogens with zero attached hydrogens (tertiary/aromatic N) is 1. The van der Waals surface area contributed by atoms with Crippen molar-refractivity contribution in [3.05, 3.63) is 34.9 Å². The molecule has 5 atom stereocenters. The topological polar surface area (TPSA) is 69.6 Å². The highest BCUT2D eigenvalue weighted by Crippen LogP contribution is 2.46. The number of amides is 2. The first-order valence-corrected chi connectivity index (χ1v) is 13.1. The van der Waals surface area contributed by atoms with Crippen molar-refractivity contribution >= 4 is 23.4 Å². The molecule has 0 unspecified atom stereocenters. The standard InChI is InChI=1S/C27H39ClN2O3/c1-18-8-9-19(16-18)24(31)29-23-7-5-4-6-22(23)25(32)30-15-14-27(33,26(2,3)17-30)20-10-12-21(28)13-11-20/h10-13,18-19,22-23,33H,4-9,14-17H2,1-3H3,(H,29,31)/t18-,19-,22-,23+,27-/m0/s1. The molecule has 3 fully saturated rings. The van der Waals surface area contributed by atoms with Crippen molar-refractivity contribution in [3.63, 3.8) is 0 Å². The van der Waals surface area contributed by atoms with E-state index in [1.165, 1.54) is 0 Å². The lowest BCUT2D eigenvalue weighted by Crippen LogP contribution is -2.59. The van der Waals surface area contributed by atoms with Crippen LogP contribution in [0.4, 0.5) is 0 Å². The number of carbonyl (C=O) groups excluding carboxylic acids is 2. The molecule has 182 valence electrons. The summed E-state index contributed by atoms with van der Waals surface area (Å²) in [6.07, 6.45) is 7.29. The second-order valence-corrected chi connectivity index (χ2v) is 11.8. The van der Waals surface area contributed by atoms with Crippen LogP contribution in [0.15, 0.2) is 24.3 Å². The van der Waals surface area contributed by atoms with Crippen molar-refractivity contribution in [1.29, 1.82) is 0 Å². The molecular formula is C27H39ClN2O3. The fraction of sp³-hybridized carbons (Fsp3) is 0.704. The molecule has 0 aromatic heterocycles. The first-order valence-electron chi connectivity index (χ1n) is 12.7. The lowest BCUT2D eigenvalue weighted by atomic mass is 9.66. The average Bonchev–Trinajstić information content (AvgIpc) is 3.22. The van der Waals surface area contributed by atoms with Gasteiger partial charge in [0.2, 0.25) is 11.8 Å². The molecule has 1 aromatic carbocycles. The number of carbonyl (C=O) groups is 2. The fourth-order valence-electron chi connectivity index (χ4n) is 6.35. The van der Waals surface area contributed by atoms with E-state index >= 15 is 0 Å². The Labute approximate surface area is 203 Å². The predicted molar refractivity (Wildman–Crippen MR) is 131 cm³/mol. The second-order valence-electron chi connectivity index (χ2n) is 11.4. The van der Waals surface area contributed by atoms with E-state index in [9.17, 15) is 14.7 Å². The van der Waals surface area contributed by atoms with Crippen molar-refractivity contribution in [2.75, 3.05) is 13.1 Å². The Morgan fingerprint density at radius 3 is 2.42 bits per heavy atom. The van der Waals surface area contributed by atoms with Gasteiger partial charge in [-0.2, -0.15) is 0 Å². The third kappa shape index (κ3) is 4.95. The minimum atomic E-state index is -1.02. The summed E-state index contributed by atoms with van der Waals surface area (Å²) in [4.78, 5) is 28.5. The van der Waals surface area contributed by atoms with Crippen LogP contribution < -0.4 is 5.32 Å². The summed E-state index contributed by atoms with van der Waals surface area (Å²) in [5, 5.41) is 15.6. The van der Waals surface area contributed by atoms with Crippen LogP contribution in [-0.2, 0) is 15.2 Å². The van der Waals surface area contributed by atoms with Crippen molar-refractivity contribution in [1.82, 2.24) is 10.2 Å². The van der Waals surface area contributed by atoms with E-state index in [1.807, 2.05) is 43.0 Å². The molecule has 6 heteroatoms. The van der Waals surface area contributed by atoms with Gasteiger partial charge in [0.05, 0.1) is 11.5 Å². The Kier molecular flexibility index (Phi) is 7.12. The molecule has 2 saturated carbocycles. The molecule has 1 aromatic rings. The van der Waals surface area contributed by atoms with E-state index in [2.05, 4.69) is 12.2 Å². The second kappa shape index (κ2) is 9.58. The van der Waals surface area contributed by atoms with Crippen LogP contribution in [0.25, 0.3) is 0 Å². The van der Waals surface area contributed by atoms with E-state index in [1.54, 1.807) is 0 Å². The highest BCUT2D eigenvalue weighted by molar-refractivity contribution is 6.30. The largest absolute Gasteiger partial charge is 0.384 e. The van der Waals surface area contributed by atoms with Crippen LogP contribution in [0.2, 0.25) is 5.02 Å². The molecule has 0 spiro atoms. The monoisotopic (exact) mass is 474 g/mol. The number of hydrogen-bond acceptors (Lipinski definition) is 3. The van der Waals surface area contributed by atoms with Crippen LogP contribution in [-0.4, -0.2) is 41.0 Å². The van der Waals surface area contributed by atoms with Gasteiger partial charge in [0, 0.05) is 35.5 Å². The van der Waals surface area contributed by atoms with Gasteiger partial charge in [-0.3, -0.25) is 9.59 Å². The number of likely N-dealkylation sites (tertiary alicyclic amines) is 1. The van der Waals surface area contributed by atoms with Gasteiger partial charge in [0.25, 0.3) is 0 Å². The fourth-order valence-corrected chi connectivity index (χ4v) is 6.48.